The third-order valence-corrected chi connectivity index (χ3v) is 6.23. The maximum Gasteiger partial charge on any atom is 0.268 e. The Morgan fingerprint density at radius 1 is 0.871 bits per heavy atom. The number of hydrogen-bond acceptors (Lipinski definition) is 5. The van der Waals surface area contributed by atoms with Crippen LogP contribution in [0.1, 0.15) is 27.0 Å². The number of benzene rings is 3. The fourth-order valence-corrected chi connectivity index (χ4v) is 4.75. The molecule has 0 N–H and O–H groups in total. The van der Waals surface area contributed by atoms with Gasteiger partial charge in [-0.25, -0.2) is 4.99 Å². The van der Waals surface area contributed by atoms with E-state index in [2.05, 4.69) is 0 Å². The highest BCUT2D eigenvalue weighted by Crippen LogP contribution is 2.61. The Morgan fingerprint density at radius 3 is 2.26 bits per heavy atom. The molecule has 1 spiro atoms. The highest BCUT2D eigenvalue weighted by molar-refractivity contribution is 6.13. The first-order valence-electron chi connectivity index (χ1n) is 10.1. The fourth-order valence-electron chi connectivity index (χ4n) is 4.75. The molecule has 152 valence electrons. The number of carbonyl (C=O) groups excluding carboxylic acids is 2. The Hall–Kier alpha value is -3.77. The lowest BCUT2D eigenvalue weighted by molar-refractivity contribution is -0.366. The number of amides is 2. The second-order valence-electron chi connectivity index (χ2n) is 7.89. The molecular weight excluding hydrogens is 392 g/mol. The first kappa shape index (κ1) is 18.0. The predicted molar refractivity (Wildman–Crippen MR) is 112 cm³/mol. The lowest BCUT2D eigenvalue weighted by Gasteiger charge is -2.57. The van der Waals surface area contributed by atoms with Crippen LogP contribution < -0.4 is 0 Å². The second-order valence-corrected chi connectivity index (χ2v) is 7.89. The van der Waals surface area contributed by atoms with Crippen LogP contribution in [0.2, 0.25) is 0 Å². The van der Waals surface area contributed by atoms with Crippen molar-refractivity contribution in [3.63, 3.8) is 0 Å². The quantitative estimate of drug-likeness (QED) is 0.609. The average Bonchev–Trinajstić information content (AvgIpc) is 3.14. The Balaban J connectivity index is 1.57. The summed E-state index contributed by atoms with van der Waals surface area (Å²) >= 11 is 0. The summed E-state index contributed by atoms with van der Waals surface area (Å²) in [5.74, 6) is -1.61. The third-order valence-electron chi connectivity index (χ3n) is 6.23. The molecule has 0 bridgehead atoms. The first-order valence-corrected chi connectivity index (χ1v) is 10.1. The summed E-state index contributed by atoms with van der Waals surface area (Å²) in [5.41, 5.74) is 1.11. The molecule has 0 aliphatic carbocycles. The molecule has 6 rings (SSSR count). The molecule has 6 heteroatoms. The normalized spacial score (nSPS) is 28.5. The number of rotatable bonds is 2. The van der Waals surface area contributed by atoms with Crippen LogP contribution in [0.3, 0.4) is 0 Å². The van der Waals surface area contributed by atoms with Gasteiger partial charge >= 0.3 is 0 Å². The van der Waals surface area contributed by atoms with Crippen molar-refractivity contribution in [3.05, 3.63) is 107 Å². The minimum Gasteiger partial charge on any atom is -0.438 e. The largest absolute Gasteiger partial charge is 0.438 e. The highest BCUT2D eigenvalue weighted by Gasteiger charge is 2.77. The molecule has 3 aliphatic heterocycles. The SMILES string of the molecule is CN1C(=O)c2ccccc2[C@]2(O[C@@]3(c4ccccc4)OC(c4ccccc4)=N[C@H]32)C1=O. The summed E-state index contributed by atoms with van der Waals surface area (Å²) < 4.78 is 12.8. The van der Waals surface area contributed by atoms with E-state index in [0.29, 0.717) is 17.0 Å². The first-order chi connectivity index (χ1) is 15.1. The van der Waals surface area contributed by atoms with Gasteiger partial charge < -0.3 is 9.47 Å². The van der Waals surface area contributed by atoms with Crippen molar-refractivity contribution >= 4 is 17.7 Å². The Morgan fingerprint density at radius 2 is 1.52 bits per heavy atom. The van der Waals surface area contributed by atoms with E-state index < -0.39 is 23.3 Å². The average molecular weight is 410 g/mol. The van der Waals surface area contributed by atoms with Gasteiger partial charge in [-0.15, -0.1) is 0 Å². The monoisotopic (exact) mass is 410 g/mol. The van der Waals surface area contributed by atoms with Crippen LogP contribution in [0.4, 0.5) is 0 Å². The summed E-state index contributed by atoms with van der Waals surface area (Å²) in [4.78, 5) is 32.3. The second kappa shape index (κ2) is 6.12. The Bertz CT molecular complexity index is 1260. The van der Waals surface area contributed by atoms with Gasteiger partial charge in [0, 0.05) is 29.3 Å². The molecule has 6 nitrogen and oxygen atoms in total. The summed E-state index contributed by atoms with van der Waals surface area (Å²) in [6.45, 7) is 0. The number of fused-ring (bicyclic) bond motifs is 4. The van der Waals surface area contributed by atoms with E-state index >= 15 is 0 Å². The van der Waals surface area contributed by atoms with Gasteiger partial charge in [0.05, 0.1) is 0 Å². The lowest BCUT2D eigenvalue weighted by Crippen LogP contribution is -2.74. The number of likely N-dealkylation sites (N-methyl/N-ethyl adjacent to an activating group) is 1. The summed E-state index contributed by atoms with van der Waals surface area (Å²) in [6.07, 6.45) is 0. The van der Waals surface area contributed by atoms with E-state index in [-0.39, 0.29) is 5.91 Å². The molecule has 31 heavy (non-hydrogen) atoms. The maximum atomic E-state index is 13.5. The van der Waals surface area contributed by atoms with Gasteiger partial charge in [0.1, 0.15) is 0 Å². The van der Waals surface area contributed by atoms with E-state index in [1.807, 2.05) is 60.7 Å². The zero-order chi connectivity index (χ0) is 21.2. The topological polar surface area (TPSA) is 68.2 Å². The lowest BCUT2D eigenvalue weighted by atomic mass is 9.69. The number of nitrogens with zero attached hydrogens (tertiary/aromatic N) is 2. The molecule has 3 aliphatic rings. The van der Waals surface area contributed by atoms with E-state index in [1.165, 1.54) is 7.05 Å². The van der Waals surface area contributed by atoms with Gasteiger partial charge in [-0.1, -0.05) is 66.7 Å². The molecule has 3 aromatic rings. The molecule has 3 heterocycles. The van der Waals surface area contributed by atoms with Gasteiger partial charge in [0.2, 0.25) is 11.5 Å². The van der Waals surface area contributed by atoms with Crippen molar-refractivity contribution in [1.82, 2.24) is 4.90 Å². The minimum atomic E-state index is -1.42. The fraction of sp³-hybridized carbons (Fsp3) is 0.160. The molecule has 0 unspecified atom stereocenters. The van der Waals surface area contributed by atoms with Crippen LogP contribution in [0.5, 0.6) is 0 Å². The van der Waals surface area contributed by atoms with Crippen molar-refractivity contribution in [2.24, 2.45) is 4.99 Å². The number of hydrogen-bond donors (Lipinski definition) is 0. The molecule has 0 aromatic heterocycles. The van der Waals surface area contributed by atoms with Crippen LogP contribution in [0.15, 0.2) is 89.9 Å². The number of imide groups is 1. The molecule has 3 atom stereocenters. The third kappa shape index (κ3) is 2.17. The molecule has 0 saturated carbocycles. The van der Waals surface area contributed by atoms with Gasteiger partial charge in [0.15, 0.2) is 6.04 Å². The predicted octanol–water partition coefficient (Wildman–Crippen LogP) is 3.22. The standard InChI is InChI=1S/C25H18N2O4/c1-27-21(28)18-14-8-9-15-19(18)24(23(27)29)22-25(31-24,17-12-6-3-7-13-17)30-20(26-22)16-10-4-2-5-11-16/h2-15,22H,1H3/t22-,24+,25+/m0/s1. The van der Waals surface area contributed by atoms with E-state index in [0.717, 1.165) is 16.0 Å². The number of carbonyl (C=O) groups is 2. The van der Waals surface area contributed by atoms with Crippen LogP contribution >= 0.6 is 0 Å². The van der Waals surface area contributed by atoms with Gasteiger partial charge in [0.25, 0.3) is 17.6 Å². The van der Waals surface area contributed by atoms with Crippen molar-refractivity contribution in [2.75, 3.05) is 7.05 Å². The maximum absolute atomic E-state index is 13.5. The highest BCUT2D eigenvalue weighted by atomic mass is 16.8. The van der Waals surface area contributed by atoms with Gasteiger partial charge in [-0.05, 0) is 18.2 Å². The molecule has 0 radical (unpaired) electrons. The zero-order valence-corrected chi connectivity index (χ0v) is 16.7. The van der Waals surface area contributed by atoms with Crippen LogP contribution in [0, 0.1) is 0 Å². The van der Waals surface area contributed by atoms with Crippen molar-refractivity contribution in [2.45, 2.75) is 17.4 Å². The summed E-state index contributed by atoms with van der Waals surface area (Å²) in [5, 5.41) is 0. The van der Waals surface area contributed by atoms with Crippen molar-refractivity contribution in [3.8, 4) is 0 Å². The number of aliphatic imine (C=N–C) groups is 1. The smallest absolute Gasteiger partial charge is 0.268 e. The Labute approximate surface area is 178 Å². The van der Waals surface area contributed by atoms with Crippen LogP contribution in [-0.2, 0) is 25.7 Å². The van der Waals surface area contributed by atoms with Crippen LogP contribution in [-0.4, -0.2) is 35.7 Å². The van der Waals surface area contributed by atoms with Crippen molar-refractivity contribution in [1.29, 1.82) is 0 Å². The summed E-state index contributed by atoms with van der Waals surface area (Å²) in [7, 11) is 1.48. The van der Waals surface area contributed by atoms with Gasteiger partial charge in [-0.3, -0.25) is 14.5 Å². The minimum absolute atomic E-state index is 0.349. The molecular formula is C25H18N2O4. The van der Waals surface area contributed by atoms with Gasteiger partial charge in [-0.2, -0.15) is 0 Å². The zero-order valence-electron chi connectivity index (χ0n) is 16.7. The molecule has 1 fully saturated rings. The van der Waals surface area contributed by atoms with E-state index in [4.69, 9.17) is 14.5 Å². The number of ether oxygens (including phenoxy) is 2. The van der Waals surface area contributed by atoms with Crippen molar-refractivity contribution < 1.29 is 19.1 Å². The molecule has 3 aromatic carbocycles. The molecule has 1 saturated heterocycles. The van der Waals surface area contributed by atoms with Crippen LogP contribution in [0.25, 0.3) is 0 Å². The Kier molecular flexibility index (Phi) is 3.56. The molecule has 2 amide bonds. The van der Waals surface area contributed by atoms with E-state index in [1.54, 1.807) is 24.3 Å². The summed E-state index contributed by atoms with van der Waals surface area (Å²) in [6, 6.07) is 25.4. The van der Waals surface area contributed by atoms with E-state index in [9.17, 15) is 9.59 Å².